The molecule has 0 spiro atoms. The molecule has 1 atom stereocenters. The molecule has 0 bridgehead atoms. The Morgan fingerprint density at radius 3 is 2.26 bits per heavy atom. The van der Waals surface area contributed by atoms with Gasteiger partial charge in [0, 0.05) is 21.1 Å². The van der Waals surface area contributed by atoms with E-state index >= 15 is 0 Å². The SMILES string of the molecule is CC(CN(C)C)NC(=O)Nc1ccc(C(C)C)cc1.[HH].[HH]. The molecule has 4 heteroatoms. The van der Waals surface area contributed by atoms with Gasteiger partial charge in [0.25, 0.3) is 0 Å². The van der Waals surface area contributed by atoms with E-state index in [9.17, 15) is 4.79 Å². The van der Waals surface area contributed by atoms with E-state index in [4.69, 9.17) is 0 Å². The number of amides is 2. The van der Waals surface area contributed by atoms with Crippen molar-refractivity contribution < 1.29 is 7.65 Å². The highest BCUT2D eigenvalue weighted by Gasteiger charge is 2.08. The molecule has 0 heterocycles. The molecule has 0 aliphatic heterocycles. The number of carbonyl (C=O) groups is 1. The summed E-state index contributed by atoms with van der Waals surface area (Å²) >= 11 is 0. The number of anilines is 1. The van der Waals surface area contributed by atoms with Gasteiger partial charge in [-0.15, -0.1) is 0 Å². The lowest BCUT2D eigenvalue weighted by molar-refractivity contribution is 0.245. The standard InChI is InChI=1S/C15H25N3O.2H2/c1-11(2)13-6-8-14(9-7-13)17-15(19)16-12(3)10-18(4)5;;/h6-9,11-12H,10H2,1-5H3,(H2,16,17,19);2*1H. The molecule has 0 aliphatic rings. The molecular weight excluding hydrogens is 238 g/mol. The summed E-state index contributed by atoms with van der Waals surface area (Å²) in [4.78, 5) is 13.8. The van der Waals surface area contributed by atoms with Crippen LogP contribution in [0, 0.1) is 0 Å². The van der Waals surface area contributed by atoms with Crippen molar-refractivity contribution in [3.63, 3.8) is 0 Å². The van der Waals surface area contributed by atoms with Crippen LogP contribution in [0.4, 0.5) is 10.5 Å². The molecule has 0 aromatic heterocycles. The Hall–Kier alpha value is -1.55. The van der Waals surface area contributed by atoms with Crippen LogP contribution in [0.2, 0.25) is 0 Å². The van der Waals surface area contributed by atoms with Gasteiger partial charge in [-0.25, -0.2) is 4.79 Å². The van der Waals surface area contributed by atoms with E-state index in [1.165, 1.54) is 5.56 Å². The summed E-state index contributed by atoms with van der Waals surface area (Å²) in [5.41, 5.74) is 2.09. The van der Waals surface area contributed by atoms with Gasteiger partial charge in [0.1, 0.15) is 0 Å². The number of carbonyl (C=O) groups excluding carboxylic acids is 1. The minimum atomic E-state index is -0.161. The number of likely N-dealkylation sites (N-methyl/N-ethyl adjacent to an activating group) is 1. The summed E-state index contributed by atoms with van der Waals surface area (Å²) < 4.78 is 0. The monoisotopic (exact) mass is 267 g/mol. The molecule has 0 saturated heterocycles. The third-order valence-electron chi connectivity index (χ3n) is 2.85. The minimum absolute atomic E-state index is 0. The summed E-state index contributed by atoms with van der Waals surface area (Å²) in [6.07, 6.45) is 0. The quantitative estimate of drug-likeness (QED) is 0.859. The van der Waals surface area contributed by atoms with Crippen molar-refractivity contribution >= 4 is 11.7 Å². The van der Waals surface area contributed by atoms with Crippen LogP contribution in [0.15, 0.2) is 24.3 Å². The topological polar surface area (TPSA) is 44.4 Å². The first-order valence-electron chi connectivity index (χ1n) is 6.70. The zero-order valence-corrected chi connectivity index (χ0v) is 12.5. The van der Waals surface area contributed by atoms with E-state index in [2.05, 4.69) is 24.5 Å². The van der Waals surface area contributed by atoms with Crippen LogP contribution in [0.25, 0.3) is 0 Å². The zero-order valence-electron chi connectivity index (χ0n) is 12.5. The van der Waals surface area contributed by atoms with Crippen molar-refractivity contribution in [1.82, 2.24) is 10.2 Å². The first-order valence-corrected chi connectivity index (χ1v) is 6.70. The van der Waals surface area contributed by atoms with Gasteiger partial charge in [-0.05, 0) is 44.6 Å². The van der Waals surface area contributed by atoms with E-state index < -0.39 is 0 Å². The van der Waals surface area contributed by atoms with Gasteiger partial charge in [-0.2, -0.15) is 0 Å². The van der Waals surface area contributed by atoms with Crippen molar-refractivity contribution in [3.8, 4) is 0 Å². The van der Waals surface area contributed by atoms with Gasteiger partial charge in [0.2, 0.25) is 0 Å². The molecule has 1 aromatic carbocycles. The Morgan fingerprint density at radius 2 is 1.79 bits per heavy atom. The average molecular weight is 267 g/mol. The second-order valence-electron chi connectivity index (χ2n) is 5.54. The van der Waals surface area contributed by atoms with Gasteiger partial charge in [-0.3, -0.25) is 0 Å². The number of urea groups is 1. The molecular formula is C15H29N3O. The maximum Gasteiger partial charge on any atom is 0.319 e. The fourth-order valence-corrected chi connectivity index (χ4v) is 1.94. The fraction of sp³-hybridized carbons (Fsp3) is 0.533. The van der Waals surface area contributed by atoms with Crippen molar-refractivity contribution in [2.75, 3.05) is 26.0 Å². The first-order chi connectivity index (χ1) is 8.88. The van der Waals surface area contributed by atoms with Crippen LogP contribution in [-0.4, -0.2) is 37.6 Å². The third-order valence-corrected chi connectivity index (χ3v) is 2.85. The number of nitrogens with one attached hydrogen (secondary N) is 2. The molecule has 2 amide bonds. The van der Waals surface area contributed by atoms with Crippen LogP contribution in [0.1, 0.15) is 35.1 Å². The lowest BCUT2D eigenvalue weighted by atomic mass is 10.0. The summed E-state index contributed by atoms with van der Waals surface area (Å²) in [6.45, 7) is 7.11. The number of nitrogens with zero attached hydrogens (tertiary/aromatic N) is 1. The van der Waals surface area contributed by atoms with Crippen LogP contribution in [-0.2, 0) is 0 Å². The normalized spacial score (nSPS) is 12.6. The molecule has 2 N–H and O–H groups in total. The first kappa shape index (κ1) is 15.5. The minimum Gasteiger partial charge on any atom is -0.334 e. The summed E-state index contributed by atoms with van der Waals surface area (Å²) in [5.74, 6) is 0.503. The maximum atomic E-state index is 11.8. The summed E-state index contributed by atoms with van der Waals surface area (Å²) in [5, 5.41) is 5.75. The van der Waals surface area contributed by atoms with Gasteiger partial charge in [0.05, 0.1) is 0 Å². The Balaban J connectivity index is 0. The largest absolute Gasteiger partial charge is 0.334 e. The predicted octanol–water partition coefficient (Wildman–Crippen LogP) is 3.37. The van der Waals surface area contributed by atoms with E-state index in [1.807, 2.05) is 50.2 Å². The molecule has 0 aliphatic carbocycles. The predicted molar refractivity (Wildman–Crippen MR) is 84.9 cm³/mol. The van der Waals surface area contributed by atoms with E-state index in [1.54, 1.807) is 0 Å². The van der Waals surface area contributed by atoms with Crippen LogP contribution in [0.5, 0.6) is 0 Å². The molecule has 1 unspecified atom stereocenters. The lowest BCUT2D eigenvalue weighted by Gasteiger charge is -2.18. The third kappa shape index (κ3) is 5.75. The summed E-state index contributed by atoms with van der Waals surface area (Å²) in [6, 6.07) is 7.92. The molecule has 0 radical (unpaired) electrons. The number of hydrogen-bond donors (Lipinski definition) is 2. The van der Waals surface area contributed by atoms with Crippen LogP contribution in [0.3, 0.4) is 0 Å². The van der Waals surface area contributed by atoms with E-state index in [0.717, 1.165) is 12.2 Å². The Kier molecular flexibility index (Phi) is 5.83. The Labute approximate surface area is 119 Å². The molecule has 4 nitrogen and oxygen atoms in total. The number of benzene rings is 1. The smallest absolute Gasteiger partial charge is 0.319 e. The van der Waals surface area contributed by atoms with Gasteiger partial charge >= 0.3 is 6.03 Å². The van der Waals surface area contributed by atoms with Gasteiger partial charge in [0.15, 0.2) is 0 Å². The van der Waals surface area contributed by atoms with Crippen LogP contribution < -0.4 is 10.6 Å². The zero-order chi connectivity index (χ0) is 14.4. The Morgan fingerprint density at radius 1 is 1.21 bits per heavy atom. The fourth-order valence-electron chi connectivity index (χ4n) is 1.94. The van der Waals surface area contributed by atoms with Crippen LogP contribution >= 0.6 is 0 Å². The average Bonchev–Trinajstić information content (AvgIpc) is 2.27. The van der Waals surface area contributed by atoms with Crippen molar-refractivity contribution in [2.45, 2.75) is 32.7 Å². The molecule has 1 rings (SSSR count). The van der Waals surface area contributed by atoms with Gasteiger partial charge < -0.3 is 15.5 Å². The molecule has 1 aromatic rings. The molecule has 0 fully saturated rings. The maximum absolute atomic E-state index is 11.8. The van der Waals surface area contributed by atoms with Crippen molar-refractivity contribution in [2.24, 2.45) is 0 Å². The second-order valence-corrected chi connectivity index (χ2v) is 5.54. The highest BCUT2D eigenvalue weighted by Crippen LogP contribution is 2.16. The highest BCUT2D eigenvalue weighted by molar-refractivity contribution is 5.89. The molecule has 110 valence electrons. The lowest BCUT2D eigenvalue weighted by Crippen LogP contribution is -2.41. The number of hydrogen-bond acceptors (Lipinski definition) is 2. The van der Waals surface area contributed by atoms with Crippen molar-refractivity contribution in [3.05, 3.63) is 29.8 Å². The Bertz CT molecular complexity index is 408. The molecule has 19 heavy (non-hydrogen) atoms. The number of rotatable bonds is 5. The van der Waals surface area contributed by atoms with Gasteiger partial charge in [-0.1, -0.05) is 26.0 Å². The summed E-state index contributed by atoms with van der Waals surface area (Å²) in [7, 11) is 3.97. The van der Waals surface area contributed by atoms with E-state index in [0.29, 0.717) is 5.92 Å². The second kappa shape index (κ2) is 7.14. The highest BCUT2D eigenvalue weighted by atomic mass is 16.2. The van der Waals surface area contributed by atoms with E-state index in [-0.39, 0.29) is 14.9 Å². The van der Waals surface area contributed by atoms with Crippen molar-refractivity contribution in [1.29, 1.82) is 0 Å². The molecule has 0 saturated carbocycles.